The molecule has 2 nitrogen and oxygen atoms in total. The molecule has 2 rings (SSSR count). The summed E-state index contributed by atoms with van der Waals surface area (Å²) in [4.78, 5) is 4.35. The van der Waals surface area contributed by atoms with Crippen molar-refractivity contribution in [1.29, 1.82) is 0 Å². The van der Waals surface area contributed by atoms with Crippen molar-refractivity contribution in [2.75, 3.05) is 5.32 Å². The molecule has 1 N–H and O–H groups in total. The molecule has 0 radical (unpaired) electrons. The molecule has 3 heteroatoms. The maximum Gasteiger partial charge on any atom is 0.126 e. The van der Waals surface area contributed by atoms with Gasteiger partial charge in [0, 0.05) is 12.7 Å². The number of pyridine rings is 1. The van der Waals surface area contributed by atoms with E-state index in [2.05, 4.69) is 36.3 Å². The summed E-state index contributed by atoms with van der Waals surface area (Å²) >= 11 is 0. The van der Waals surface area contributed by atoms with Gasteiger partial charge in [-0.15, -0.1) is 0 Å². The average molecular weight is 210 g/mol. The maximum atomic E-state index is 4.35. The number of hydrogen-bond acceptors (Lipinski definition) is 2. The molecule has 0 aliphatic rings. The number of rotatable bonds is 4. The molecule has 0 saturated carbocycles. The lowest BCUT2D eigenvalue weighted by molar-refractivity contribution is 1.10. The lowest BCUT2D eigenvalue weighted by Crippen LogP contribution is -2.01. The third-order valence-corrected chi connectivity index (χ3v) is 2.55. The SMILES string of the molecule is BCc1ccc(NCc2ccccc2)nc1. The van der Waals surface area contributed by atoms with Crippen LogP contribution in [-0.4, -0.2) is 12.8 Å². The van der Waals surface area contributed by atoms with Gasteiger partial charge in [-0.25, -0.2) is 4.98 Å². The summed E-state index contributed by atoms with van der Waals surface area (Å²) < 4.78 is 0. The second-order valence-electron chi connectivity index (χ2n) is 3.74. The van der Waals surface area contributed by atoms with Gasteiger partial charge < -0.3 is 5.32 Å². The molecule has 16 heavy (non-hydrogen) atoms. The lowest BCUT2D eigenvalue weighted by atomic mass is 9.99. The van der Waals surface area contributed by atoms with Crippen LogP contribution < -0.4 is 5.32 Å². The van der Waals surface area contributed by atoms with E-state index in [-0.39, 0.29) is 0 Å². The van der Waals surface area contributed by atoms with Crippen molar-refractivity contribution in [3.63, 3.8) is 0 Å². The molecule has 0 saturated heterocycles. The summed E-state index contributed by atoms with van der Waals surface area (Å²) in [7, 11) is 2.13. The number of benzene rings is 1. The Morgan fingerprint density at radius 1 is 1.00 bits per heavy atom. The molecular formula is C13H15BN2. The highest BCUT2D eigenvalue weighted by Crippen LogP contribution is 2.07. The van der Waals surface area contributed by atoms with E-state index in [1.807, 2.05) is 30.5 Å². The molecule has 0 bridgehead atoms. The first-order valence-electron chi connectivity index (χ1n) is 5.61. The zero-order valence-electron chi connectivity index (χ0n) is 9.48. The fraction of sp³-hybridized carbons (Fsp3) is 0.154. The van der Waals surface area contributed by atoms with Crippen LogP contribution in [0.3, 0.4) is 0 Å². The predicted molar refractivity (Wildman–Crippen MR) is 70.3 cm³/mol. The number of anilines is 1. The van der Waals surface area contributed by atoms with Gasteiger partial charge in [-0.2, -0.15) is 0 Å². The van der Waals surface area contributed by atoms with Crippen molar-refractivity contribution >= 4 is 13.7 Å². The van der Waals surface area contributed by atoms with Crippen LogP contribution in [0.2, 0.25) is 0 Å². The van der Waals surface area contributed by atoms with Crippen molar-refractivity contribution in [2.24, 2.45) is 0 Å². The summed E-state index contributed by atoms with van der Waals surface area (Å²) in [6.07, 6.45) is 2.96. The quantitative estimate of drug-likeness (QED) is 0.778. The monoisotopic (exact) mass is 210 g/mol. The predicted octanol–water partition coefficient (Wildman–Crippen LogP) is 1.83. The minimum atomic E-state index is 0.819. The first kappa shape index (κ1) is 10.7. The van der Waals surface area contributed by atoms with Crippen LogP contribution in [0.25, 0.3) is 0 Å². The van der Waals surface area contributed by atoms with Gasteiger partial charge in [0.15, 0.2) is 0 Å². The molecule has 0 fully saturated rings. The van der Waals surface area contributed by atoms with Crippen LogP contribution in [0.4, 0.5) is 5.82 Å². The fourth-order valence-electron chi connectivity index (χ4n) is 1.53. The van der Waals surface area contributed by atoms with Gasteiger partial charge in [-0.1, -0.05) is 42.7 Å². The van der Waals surface area contributed by atoms with Crippen LogP contribution in [0.5, 0.6) is 0 Å². The number of nitrogens with one attached hydrogen (secondary N) is 1. The van der Waals surface area contributed by atoms with E-state index in [1.54, 1.807) is 0 Å². The van der Waals surface area contributed by atoms with Gasteiger partial charge >= 0.3 is 0 Å². The number of nitrogens with zero attached hydrogens (tertiary/aromatic N) is 1. The average Bonchev–Trinajstić information content (AvgIpc) is 2.38. The molecule has 1 aromatic heterocycles. The van der Waals surface area contributed by atoms with Crippen LogP contribution >= 0.6 is 0 Å². The fourth-order valence-corrected chi connectivity index (χ4v) is 1.53. The minimum Gasteiger partial charge on any atom is -0.366 e. The molecular weight excluding hydrogens is 195 g/mol. The topological polar surface area (TPSA) is 24.9 Å². The lowest BCUT2D eigenvalue weighted by Gasteiger charge is -2.05. The smallest absolute Gasteiger partial charge is 0.126 e. The number of hydrogen-bond donors (Lipinski definition) is 1. The third-order valence-electron chi connectivity index (χ3n) is 2.55. The van der Waals surface area contributed by atoms with Gasteiger partial charge in [0.25, 0.3) is 0 Å². The van der Waals surface area contributed by atoms with E-state index >= 15 is 0 Å². The van der Waals surface area contributed by atoms with Crippen LogP contribution in [0, 0.1) is 0 Å². The van der Waals surface area contributed by atoms with E-state index in [0.717, 1.165) is 18.7 Å². The standard InChI is InChI=1S/C13H15BN2/c14-8-12-6-7-13(16-10-12)15-9-11-4-2-1-3-5-11/h1-7,10H,8-9,14H2,(H,15,16). The largest absolute Gasteiger partial charge is 0.366 e. The first-order chi connectivity index (χ1) is 7.88. The van der Waals surface area contributed by atoms with E-state index in [4.69, 9.17) is 0 Å². The molecule has 0 aliphatic heterocycles. The summed E-state index contributed by atoms with van der Waals surface area (Å²) in [5.41, 5.74) is 2.54. The van der Waals surface area contributed by atoms with Crippen molar-refractivity contribution in [2.45, 2.75) is 12.9 Å². The first-order valence-corrected chi connectivity index (χ1v) is 5.61. The zero-order chi connectivity index (χ0) is 11.2. The maximum absolute atomic E-state index is 4.35. The molecule has 0 aliphatic carbocycles. The van der Waals surface area contributed by atoms with Gasteiger partial charge in [0.05, 0.1) is 0 Å². The molecule has 0 atom stereocenters. The Balaban J connectivity index is 1.94. The van der Waals surface area contributed by atoms with Gasteiger partial charge in [-0.3, -0.25) is 0 Å². The summed E-state index contributed by atoms with van der Waals surface area (Å²) in [5, 5.41) is 3.30. The van der Waals surface area contributed by atoms with Crippen LogP contribution in [0.15, 0.2) is 48.7 Å². The van der Waals surface area contributed by atoms with Gasteiger partial charge in [0.1, 0.15) is 13.7 Å². The Hall–Kier alpha value is -1.77. The van der Waals surface area contributed by atoms with Crippen LogP contribution in [-0.2, 0) is 12.9 Å². The Kier molecular flexibility index (Phi) is 3.60. The van der Waals surface area contributed by atoms with Crippen molar-refractivity contribution < 1.29 is 0 Å². The highest BCUT2D eigenvalue weighted by molar-refractivity contribution is 6.08. The van der Waals surface area contributed by atoms with Crippen molar-refractivity contribution in [3.05, 3.63) is 59.8 Å². The molecule has 80 valence electrons. The molecule has 1 heterocycles. The van der Waals surface area contributed by atoms with Gasteiger partial charge in [-0.05, 0) is 17.2 Å². The summed E-state index contributed by atoms with van der Waals surface area (Å²) in [5.74, 6) is 0.932. The van der Waals surface area contributed by atoms with E-state index in [9.17, 15) is 0 Å². The molecule has 0 spiro atoms. The Labute approximate surface area is 97.1 Å². The third kappa shape index (κ3) is 2.86. The second kappa shape index (κ2) is 5.35. The minimum absolute atomic E-state index is 0.819. The molecule has 2 aromatic rings. The number of aromatic nitrogens is 1. The molecule has 0 unspecified atom stereocenters. The normalized spacial score (nSPS) is 10.0. The van der Waals surface area contributed by atoms with Gasteiger partial charge in [0.2, 0.25) is 0 Å². The highest BCUT2D eigenvalue weighted by atomic mass is 15.0. The van der Waals surface area contributed by atoms with E-state index in [1.165, 1.54) is 11.1 Å². The zero-order valence-corrected chi connectivity index (χ0v) is 9.48. The Morgan fingerprint density at radius 2 is 1.81 bits per heavy atom. The Morgan fingerprint density at radius 3 is 2.44 bits per heavy atom. The van der Waals surface area contributed by atoms with Crippen LogP contribution in [0.1, 0.15) is 11.1 Å². The van der Waals surface area contributed by atoms with Crippen molar-refractivity contribution in [1.82, 2.24) is 4.98 Å². The summed E-state index contributed by atoms with van der Waals surface area (Å²) in [6.45, 7) is 0.819. The summed E-state index contributed by atoms with van der Waals surface area (Å²) in [6, 6.07) is 14.5. The molecule has 0 amide bonds. The van der Waals surface area contributed by atoms with E-state index in [0.29, 0.717) is 0 Å². The molecule has 1 aromatic carbocycles. The Bertz CT molecular complexity index is 425. The highest BCUT2D eigenvalue weighted by Gasteiger charge is 1.94. The second-order valence-corrected chi connectivity index (χ2v) is 3.74. The van der Waals surface area contributed by atoms with E-state index < -0.39 is 0 Å². The van der Waals surface area contributed by atoms with Crippen molar-refractivity contribution in [3.8, 4) is 0 Å².